The van der Waals surface area contributed by atoms with E-state index in [2.05, 4.69) is 34.3 Å². The van der Waals surface area contributed by atoms with E-state index in [0.29, 0.717) is 23.0 Å². The van der Waals surface area contributed by atoms with Crippen molar-refractivity contribution in [2.45, 2.75) is 12.8 Å². The lowest BCUT2D eigenvalue weighted by Crippen LogP contribution is -2.32. The molecule has 2 saturated heterocycles. The Kier molecular flexibility index (Phi) is 4.97. The number of amides is 4. The zero-order valence-corrected chi connectivity index (χ0v) is 25.5. The number of H-pyrrole nitrogens is 2. The number of imide groups is 2. The van der Waals surface area contributed by atoms with Crippen molar-refractivity contribution in [1.29, 1.82) is 0 Å². The summed E-state index contributed by atoms with van der Waals surface area (Å²) in [6.45, 7) is 0. The van der Waals surface area contributed by atoms with Gasteiger partial charge in [-0.05, 0) is 72.9 Å². The molecule has 4 bridgehead atoms. The fourth-order valence-corrected chi connectivity index (χ4v) is 9.65. The summed E-state index contributed by atoms with van der Waals surface area (Å²) in [5, 5.41) is 0. The van der Waals surface area contributed by atoms with Crippen LogP contribution in [0.4, 0.5) is 11.4 Å². The molecule has 4 amide bonds. The van der Waals surface area contributed by atoms with Gasteiger partial charge in [-0.25, -0.2) is 19.8 Å². The summed E-state index contributed by atoms with van der Waals surface area (Å²) in [7, 11) is 0. The van der Waals surface area contributed by atoms with E-state index in [1.54, 1.807) is 12.1 Å². The van der Waals surface area contributed by atoms with Crippen LogP contribution in [-0.4, -0.2) is 43.6 Å². The highest BCUT2D eigenvalue weighted by Gasteiger charge is 2.60. The highest BCUT2D eigenvalue weighted by Crippen LogP contribution is 2.54. The molecule has 6 aliphatic rings. The fourth-order valence-electron chi connectivity index (χ4n) is 9.65. The number of allylic oxidation sites excluding steroid dienone is 4. The second-order valence-corrected chi connectivity index (χ2v) is 14.2. The van der Waals surface area contributed by atoms with E-state index in [4.69, 9.17) is 9.97 Å². The summed E-state index contributed by atoms with van der Waals surface area (Å²) in [6.07, 6.45) is 10.2. The Morgan fingerprint density at radius 3 is 1.21 bits per heavy atom. The molecule has 4 heterocycles. The number of benzene rings is 3. The van der Waals surface area contributed by atoms with Crippen LogP contribution in [0.15, 0.2) is 85.0 Å². The predicted octanol–water partition coefficient (Wildman–Crippen LogP) is 5.40. The first-order chi connectivity index (χ1) is 23.4. The van der Waals surface area contributed by atoms with Gasteiger partial charge >= 0.3 is 0 Å². The number of carbonyl (C=O) groups is 4. The Balaban J connectivity index is 0.852. The van der Waals surface area contributed by atoms with E-state index < -0.39 is 0 Å². The summed E-state index contributed by atoms with van der Waals surface area (Å²) < 4.78 is 0. The highest BCUT2D eigenvalue weighted by molar-refractivity contribution is 6.24. The number of hydrogen-bond donors (Lipinski definition) is 2. The average Bonchev–Trinajstić information content (AvgIpc) is 3.95. The molecule has 2 aromatic heterocycles. The van der Waals surface area contributed by atoms with Gasteiger partial charge in [-0.1, -0.05) is 48.6 Å². The Labute approximate surface area is 273 Å². The zero-order valence-electron chi connectivity index (χ0n) is 25.5. The number of fused-ring (bicyclic) bond motifs is 12. The van der Waals surface area contributed by atoms with Gasteiger partial charge in [0, 0.05) is 11.1 Å². The molecule has 4 fully saturated rings. The first-order valence-electron chi connectivity index (χ1n) is 16.6. The molecular weight excluding hydrogens is 604 g/mol. The topological polar surface area (TPSA) is 132 Å². The molecular formula is C38H28N6O4. The second kappa shape index (κ2) is 9.03. The van der Waals surface area contributed by atoms with Crippen LogP contribution in [-0.2, 0) is 19.2 Å². The Morgan fingerprint density at radius 1 is 0.500 bits per heavy atom. The van der Waals surface area contributed by atoms with Crippen LogP contribution in [0.3, 0.4) is 0 Å². The van der Waals surface area contributed by atoms with Crippen LogP contribution < -0.4 is 9.80 Å². The molecule has 11 rings (SSSR count). The minimum absolute atomic E-state index is 0.0945. The molecule has 8 atom stereocenters. The lowest BCUT2D eigenvalue weighted by molar-refractivity contribution is -0.124. The van der Waals surface area contributed by atoms with Gasteiger partial charge in [0.2, 0.25) is 23.6 Å². The lowest BCUT2D eigenvalue weighted by atomic mass is 9.85. The molecule has 234 valence electrons. The fraction of sp³-hybridized carbons (Fsp3) is 0.263. The Morgan fingerprint density at radius 2 is 0.854 bits per heavy atom. The molecule has 4 aliphatic carbocycles. The van der Waals surface area contributed by atoms with Gasteiger partial charge in [-0.2, -0.15) is 0 Å². The maximum atomic E-state index is 13.3. The molecule has 0 radical (unpaired) electrons. The van der Waals surface area contributed by atoms with E-state index in [9.17, 15) is 19.2 Å². The number of anilines is 2. The van der Waals surface area contributed by atoms with Crippen LogP contribution in [0.5, 0.6) is 0 Å². The molecule has 0 unspecified atom stereocenters. The molecule has 0 spiro atoms. The van der Waals surface area contributed by atoms with Crippen LogP contribution >= 0.6 is 0 Å². The minimum Gasteiger partial charge on any atom is -0.338 e. The number of rotatable bonds is 4. The molecule has 3 aromatic carbocycles. The molecule has 10 heteroatoms. The van der Waals surface area contributed by atoms with Gasteiger partial charge in [0.25, 0.3) is 0 Å². The summed E-state index contributed by atoms with van der Waals surface area (Å²) in [5.41, 5.74) is 5.90. The van der Waals surface area contributed by atoms with Crippen molar-refractivity contribution in [3.05, 3.63) is 85.0 Å². The van der Waals surface area contributed by atoms with Crippen molar-refractivity contribution >= 4 is 57.1 Å². The van der Waals surface area contributed by atoms with Gasteiger partial charge in [-0.15, -0.1) is 0 Å². The van der Waals surface area contributed by atoms with E-state index in [0.717, 1.165) is 46.0 Å². The van der Waals surface area contributed by atoms with Crippen LogP contribution in [0.2, 0.25) is 0 Å². The first-order valence-corrected chi connectivity index (χ1v) is 16.6. The van der Waals surface area contributed by atoms with Crippen molar-refractivity contribution < 1.29 is 19.2 Å². The SMILES string of the molecule is O=C1[C@@H]2[C@H](C(=O)N1c1ccc3nc(-c4ccc(-c5nc6ccc(N7C(=O)[C@H]8[C@H](C7=O)[C@H]7C=C[C@H]8C7)cc6[nH]5)cc4)[nH]c3c1)[C@H]1C=C[C@H]2C1. The number of carbonyl (C=O) groups excluding carboxylic acids is 4. The minimum atomic E-state index is -0.237. The summed E-state index contributed by atoms with van der Waals surface area (Å²) >= 11 is 0. The number of aromatic nitrogens is 4. The van der Waals surface area contributed by atoms with Crippen molar-refractivity contribution in [2.75, 3.05) is 9.80 Å². The average molecular weight is 633 g/mol. The van der Waals surface area contributed by atoms with Crippen molar-refractivity contribution in [2.24, 2.45) is 47.3 Å². The summed E-state index contributed by atoms with van der Waals surface area (Å²) in [5.74, 6) is 0.702. The van der Waals surface area contributed by atoms with Gasteiger partial charge in [0.05, 0.1) is 57.1 Å². The molecule has 2 N–H and O–H groups in total. The molecule has 2 aliphatic heterocycles. The van der Waals surface area contributed by atoms with Crippen LogP contribution in [0.1, 0.15) is 12.8 Å². The monoisotopic (exact) mass is 632 g/mol. The summed E-state index contributed by atoms with van der Waals surface area (Å²) in [6, 6.07) is 18.8. The number of aromatic amines is 2. The Bertz CT molecular complexity index is 2140. The van der Waals surface area contributed by atoms with Gasteiger partial charge in [-0.3, -0.25) is 19.2 Å². The maximum Gasteiger partial charge on any atom is 0.238 e. The normalized spacial score (nSPS) is 31.1. The van der Waals surface area contributed by atoms with E-state index in [1.165, 1.54) is 9.80 Å². The standard InChI is InChI=1S/C38H28N6O4/c45-35-29-19-5-6-20(13-19)30(29)36(46)43(35)23-9-11-25-27(15-23)41-33(39-25)17-1-2-18(4-3-17)34-40-26-12-10-24(16-28(26)42-34)44-37(47)31-21-7-8-22(14-21)32(31)38(44)48/h1-12,15-16,19-22,29-32H,13-14H2,(H,39,41)(H,40,42)/t19-,20-,21-,22-,29-,30+,31+,32+/m0/s1. The third kappa shape index (κ3) is 3.36. The number of hydrogen-bond acceptors (Lipinski definition) is 6. The van der Waals surface area contributed by atoms with Crippen molar-refractivity contribution in [3.63, 3.8) is 0 Å². The van der Waals surface area contributed by atoms with Crippen LogP contribution in [0, 0.1) is 47.3 Å². The third-order valence-corrected chi connectivity index (χ3v) is 11.8. The quantitative estimate of drug-likeness (QED) is 0.202. The van der Waals surface area contributed by atoms with E-state index in [1.807, 2.05) is 48.5 Å². The van der Waals surface area contributed by atoms with Gasteiger partial charge in [0.15, 0.2) is 0 Å². The van der Waals surface area contributed by atoms with Gasteiger partial charge in [0.1, 0.15) is 11.6 Å². The molecule has 5 aromatic rings. The molecule has 2 saturated carbocycles. The third-order valence-electron chi connectivity index (χ3n) is 11.8. The van der Waals surface area contributed by atoms with E-state index >= 15 is 0 Å². The smallest absolute Gasteiger partial charge is 0.238 e. The molecule has 10 nitrogen and oxygen atoms in total. The van der Waals surface area contributed by atoms with Crippen molar-refractivity contribution in [3.8, 4) is 22.8 Å². The number of nitrogens with zero attached hydrogens (tertiary/aromatic N) is 4. The van der Waals surface area contributed by atoms with Crippen LogP contribution in [0.25, 0.3) is 44.8 Å². The maximum absolute atomic E-state index is 13.3. The Hall–Kier alpha value is -5.64. The number of nitrogens with one attached hydrogen (secondary N) is 2. The zero-order chi connectivity index (χ0) is 32.0. The first kappa shape index (κ1) is 26.4. The van der Waals surface area contributed by atoms with E-state index in [-0.39, 0.29) is 71.0 Å². The van der Waals surface area contributed by atoms with Crippen molar-refractivity contribution in [1.82, 2.24) is 19.9 Å². The molecule has 48 heavy (non-hydrogen) atoms. The number of imidazole rings is 2. The summed E-state index contributed by atoms with van der Waals surface area (Å²) in [4.78, 5) is 72.3. The predicted molar refractivity (Wildman–Crippen MR) is 177 cm³/mol. The second-order valence-electron chi connectivity index (χ2n) is 14.2. The van der Waals surface area contributed by atoms with Gasteiger partial charge < -0.3 is 9.97 Å². The lowest BCUT2D eigenvalue weighted by Gasteiger charge is -2.17. The highest BCUT2D eigenvalue weighted by atomic mass is 16.2. The largest absolute Gasteiger partial charge is 0.338 e.